The fraction of sp³-hybridized carbons (Fsp3) is 0.895. The van der Waals surface area contributed by atoms with Crippen LogP contribution in [0.15, 0.2) is 4.99 Å². The maximum atomic E-state index is 11.9. The molecule has 1 N–H and O–H groups in total. The van der Waals surface area contributed by atoms with Gasteiger partial charge in [0.25, 0.3) is 0 Å². The van der Waals surface area contributed by atoms with Crippen molar-refractivity contribution in [3.8, 4) is 0 Å². The Hall–Kier alpha value is -1.30. The lowest BCUT2D eigenvalue weighted by atomic mass is 9.83. The molecular formula is C19H35N5O. The number of nitrogens with zero attached hydrogens (tertiary/aromatic N) is 4. The lowest BCUT2D eigenvalue weighted by molar-refractivity contribution is -0.127. The molecule has 0 aromatic carbocycles. The molecule has 1 amide bonds. The van der Waals surface area contributed by atoms with E-state index in [0.29, 0.717) is 0 Å². The van der Waals surface area contributed by atoms with Gasteiger partial charge in [0.15, 0.2) is 5.96 Å². The molecule has 0 aromatic rings. The number of aliphatic imine (C=N–C) groups is 1. The highest BCUT2D eigenvalue weighted by atomic mass is 16.2. The maximum absolute atomic E-state index is 11.9. The molecule has 0 bridgehead atoms. The second-order valence-electron chi connectivity index (χ2n) is 8.03. The summed E-state index contributed by atoms with van der Waals surface area (Å²) in [5, 5.41) is 3.47. The summed E-state index contributed by atoms with van der Waals surface area (Å²) >= 11 is 0. The van der Waals surface area contributed by atoms with Gasteiger partial charge in [0, 0.05) is 45.8 Å². The molecule has 1 saturated carbocycles. The van der Waals surface area contributed by atoms with E-state index in [1.165, 1.54) is 38.6 Å². The SMILES string of the molecule is CCCNC(=NCC(=O)N(C)C)N1CCC2C(CCCN2C2CC2)C1. The predicted molar refractivity (Wildman–Crippen MR) is 102 cm³/mol. The molecular weight excluding hydrogens is 314 g/mol. The summed E-state index contributed by atoms with van der Waals surface area (Å²) in [6.45, 7) is 6.75. The van der Waals surface area contributed by atoms with Crippen molar-refractivity contribution < 1.29 is 4.79 Å². The van der Waals surface area contributed by atoms with E-state index in [0.717, 1.165) is 50.0 Å². The summed E-state index contributed by atoms with van der Waals surface area (Å²) in [6.07, 6.45) is 7.78. The Kier molecular flexibility index (Phi) is 6.20. The molecule has 2 atom stereocenters. The van der Waals surface area contributed by atoms with Crippen LogP contribution in [-0.4, -0.2) is 85.5 Å². The summed E-state index contributed by atoms with van der Waals surface area (Å²) in [5.41, 5.74) is 0. The van der Waals surface area contributed by atoms with Crippen LogP contribution in [0.4, 0.5) is 0 Å². The normalized spacial score (nSPS) is 27.8. The van der Waals surface area contributed by atoms with Crippen molar-refractivity contribution in [2.45, 2.75) is 57.5 Å². The molecule has 3 rings (SSSR count). The minimum atomic E-state index is 0.0586. The van der Waals surface area contributed by atoms with E-state index in [1.54, 1.807) is 19.0 Å². The van der Waals surface area contributed by atoms with Gasteiger partial charge < -0.3 is 15.1 Å². The van der Waals surface area contributed by atoms with Crippen molar-refractivity contribution in [3.05, 3.63) is 0 Å². The Labute approximate surface area is 152 Å². The number of likely N-dealkylation sites (tertiary alicyclic amines) is 2. The van der Waals surface area contributed by atoms with Gasteiger partial charge in [-0.25, -0.2) is 4.99 Å². The smallest absolute Gasteiger partial charge is 0.243 e. The van der Waals surface area contributed by atoms with Crippen LogP contribution in [-0.2, 0) is 4.79 Å². The number of hydrogen-bond acceptors (Lipinski definition) is 3. The maximum Gasteiger partial charge on any atom is 0.243 e. The van der Waals surface area contributed by atoms with Gasteiger partial charge in [0.2, 0.25) is 5.91 Å². The average Bonchev–Trinajstić information content (AvgIpc) is 3.45. The van der Waals surface area contributed by atoms with Crippen LogP contribution in [0.5, 0.6) is 0 Å². The van der Waals surface area contributed by atoms with E-state index >= 15 is 0 Å². The number of piperidine rings is 2. The third-order valence-electron chi connectivity index (χ3n) is 5.82. The summed E-state index contributed by atoms with van der Waals surface area (Å²) in [4.78, 5) is 23.4. The molecule has 3 aliphatic rings. The second kappa shape index (κ2) is 8.39. The van der Waals surface area contributed by atoms with Gasteiger partial charge in [-0.15, -0.1) is 0 Å². The summed E-state index contributed by atoms with van der Waals surface area (Å²) in [5.74, 6) is 1.74. The van der Waals surface area contributed by atoms with Crippen LogP contribution in [0.25, 0.3) is 0 Å². The van der Waals surface area contributed by atoms with Crippen LogP contribution in [0.1, 0.15) is 45.4 Å². The number of guanidine groups is 1. The molecule has 3 fully saturated rings. The van der Waals surface area contributed by atoms with Gasteiger partial charge in [0.05, 0.1) is 0 Å². The van der Waals surface area contributed by atoms with Gasteiger partial charge in [-0.1, -0.05) is 6.92 Å². The number of likely N-dealkylation sites (N-methyl/N-ethyl adjacent to an activating group) is 1. The third kappa shape index (κ3) is 4.66. The first-order valence-electron chi connectivity index (χ1n) is 10.1. The monoisotopic (exact) mass is 349 g/mol. The molecule has 0 spiro atoms. The molecule has 1 aliphatic carbocycles. The molecule has 0 aromatic heterocycles. The van der Waals surface area contributed by atoms with Gasteiger partial charge in [-0.05, 0) is 51.0 Å². The number of amides is 1. The van der Waals surface area contributed by atoms with Crippen LogP contribution in [0, 0.1) is 5.92 Å². The third-order valence-corrected chi connectivity index (χ3v) is 5.82. The zero-order chi connectivity index (χ0) is 17.8. The van der Waals surface area contributed by atoms with Crippen molar-refractivity contribution in [1.29, 1.82) is 0 Å². The lowest BCUT2D eigenvalue weighted by Gasteiger charge is -2.48. The summed E-state index contributed by atoms with van der Waals surface area (Å²) in [7, 11) is 3.58. The molecule has 6 nitrogen and oxygen atoms in total. The van der Waals surface area contributed by atoms with Crippen LogP contribution >= 0.6 is 0 Å². The first-order valence-corrected chi connectivity index (χ1v) is 10.1. The van der Waals surface area contributed by atoms with E-state index in [1.807, 2.05) is 0 Å². The van der Waals surface area contributed by atoms with Crippen molar-refractivity contribution in [2.24, 2.45) is 10.9 Å². The van der Waals surface area contributed by atoms with Crippen molar-refractivity contribution in [3.63, 3.8) is 0 Å². The van der Waals surface area contributed by atoms with Crippen molar-refractivity contribution in [2.75, 3.05) is 46.8 Å². The first-order chi connectivity index (χ1) is 12.1. The number of carbonyl (C=O) groups excluding carboxylic acids is 1. The average molecular weight is 350 g/mol. The number of hydrogen-bond donors (Lipinski definition) is 1. The highest BCUT2D eigenvalue weighted by molar-refractivity contribution is 5.84. The Morgan fingerprint density at radius 3 is 2.68 bits per heavy atom. The fourth-order valence-corrected chi connectivity index (χ4v) is 4.28. The highest BCUT2D eigenvalue weighted by Crippen LogP contribution is 2.38. The molecule has 2 saturated heterocycles. The Bertz CT molecular complexity index is 488. The van der Waals surface area contributed by atoms with Crippen molar-refractivity contribution in [1.82, 2.24) is 20.0 Å². The van der Waals surface area contributed by atoms with E-state index in [4.69, 9.17) is 0 Å². The highest BCUT2D eigenvalue weighted by Gasteiger charge is 2.42. The van der Waals surface area contributed by atoms with Gasteiger partial charge in [-0.2, -0.15) is 0 Å². The van der Waals surface area contributed by atoms with Gasteiger partial charge in [0.1, 0.15) is 6.54 Å². The quantitative estimate of drug-likeness (QED) is 0.602. The Morgan fingerprint density at radius 1 is 1.20 bits per heavy atom. The Balaban J connectivity index is 1.63. The van der Waals surface area contributed by atoms with E-state index in [-0.39, 0.29) is 12.5 Å². The van der Waals surface area contributed by atoms with E-state index in [9.17, 15) is 4.79 Å². The van der Waals surface area contributed by atoms with E-state index in [2.05, 4.69) is 27.0 Å². The van der Waals surface area contributed by atoms with Crippen molar-refractivity contribution >= 4 is 11.9 Å². The number of carbonyl (C=O) groups is 1. The van der Waals surface area contributed by atoms with Gasteiger partial charge in [-0.3, -0.25) is 9.69 Å². The molecule has 142 valence electrons. The van der Waals surface area contributed by atoms with E-state index < -0.39 is 0 Å². The number of fused-ring (bicyclic) bond motifs is 1. The zero-order valence-corrected chi connectivity index (χ0v) is 16.2. The lowest BCUT2D eigenvalue weighted by Crippen LogP contribution is -2.57. The molecule has 2 unspecified atom stereocenters. The second-order valence-corrected chi connectivity index (χ2v) is 8.03. The molecule has 2 heterocycles. The van der Waals surface area contributed by atoms with Crippen LogP contribution in [0.3, 0.4) is 0 Å². The van der Waals surface area contributed by atoms with Crippen LogP contribution < -0.4 is 5.32 Å². The van der Waals surface area contributed by atoms with Crippen LogP contribution in [0.2, 0.25) is 0 Å². The van der Waals surface area contributed by atoms with Gasteiger partial charge >= 0.3 is 0 Å². The minimum Gasteiger partial charge on any atom is -0.356 e. The Morgan fingerprint density at radius 2 is 2.00 bits per heavy atom. The molecule has 0 radical (unpaired) electrons. The minimum absolute atomic E-state index is 0.0586. The largest absolute Gasteiger partial charge is 0.356 e. The number of rotatable bonds is 5. The molecule has 2 aliphatic heterocycles. The zero-order valence-electron chi connectivity index (χ0n) is 16.2. The summed E-state index contributed by atoms with van der Waals surface area (Å²) < 4.78 is 0. The first kappa shape index (κ1) is 18.5. The molecule has 6 heteroatoms. The predicted octanol–water partition coefficient (Wildman–Crippen LogP) is 1.38. The standard InChI is InChI=1S/C19H35N5O/c1-4-10-20-19(21-13-18(25)22(2)3)23-12-9-17-15(14-23)6-5-11-24(17)16-7-8-16/h15-17H,4-14H2,1-3H3,(H,20,21). The number of nitrogens with one attached hydrogen (secondary N) is 1. The topological polar surface area (TPSA) is 51.2 Å². The fourth-order valence-electron chi connectivity index (χ4n) is 4.28. The summed E-state index contributed by atoms with van der Waals surface area (Å²) in [6, 6.07) is 1.65. The molecule has 25 heavy (non-hydrogen) atoms.